The van der Waals surface area contributed by atoms with E-state index >= 15 is 0 Å². The third kappa shape index (κ3) is 2.47. The standard InChI is InChI=1S/C15H14N4O/c1-20-14-9-5-2-6-11(14)10-16-19-15-17-12-7-3-4-8-13(12)18-15/h2-10H,1H3,(H2,17,18,19)/b16-10-. The van der Waals surface area contributed by atoms with Crippen LogP contribution in [0.4, 0.5) is 5.95 Å². The zero-order valence-electron chi connectivity index (χ0n) is 11.0. The molecule has 2 N–H and O–H groups in total. The van der Waals surface area contributed by atoms with Crippen molar-refractivity contribution in [2.75, 3.05) is 12.5 Å². The van der Waals surface area contributed by atoms with E-state index in [1.54, 1.807) is 13.3 Å². The van der Waals surface area contributed by atoms with Crippen molar-refractivity contribution in [3.05, 3.63) is 54.1 Å². The Morgan fingerprint density at radius 2 is 1.95 bits per heavy atom. The lowest BCUT2D eigenvalue weighted by molar-refractivity contribution is 0.414. The maximum atomic E-state index is 5.25. The van der Waals surface area contributed by atoms with Crippen LogP contribution in [-0.2, 0) is 0 Å². The van der Waals surface area contributed by atoms with Crippen molar-refractivity contribution in [1.82, 2.24) is 9.97 Å². The van der Waals surface area contributed by atoms with E-state index in [4.69, 9.17) is 4.74 Å². The van der Waals surface area contributed by atoms with Gasteiger partial charge in [0.15, 0.2) is 0 Å². The molecule has 0 saturated carbocycles. The monoisotopic (exact) mass is 266 g/mol. The maximum absolute atomic E-state index is 5.25. The van der Waals surface area contributed by atoms with Crippen LogP contribution in [-0.4, -0.2) is 23.3 Å². The number of nitrogens with one attached hydrogen (secondary N) is 2. The van der Waals surface area contributed by atoms with E-state index in [1.807, 2.05) is 48.5 Å². The summed E-state index contributed by atoms with van der Waals surface area (Å²) in [5.74, 6) is 1.39. The average molecular weight is 266 g/mol. The number of hydrogen-bond donors (Lipinski definition) is 2. The minimum absolute atomic E-state index is 0.609. The summed E-state index contributed by atoms with van der Waals surface area (Å²) in [4.78, 5) is 7.52. The number of para-hydroxylation sites is 3. The number of H-pyrrole nitrogens is 1. The van der Waals surface area contributed by atoms with Gasteiger partial charge in [-0.05, 0) is 24.3 Å². The van der Waals surface area contributed by atoms with E-state index in [1.165, 1.54) is 0 Å². The molecule has 3 aromatic rings. The Bertz CT molecular complexity index is 715. The second kappa shape index (κ2) is 5.44. The second-order valence-corrected chi connectivity index (χ2v) is 4.21. The number of imidazole rings is 1. The van der Waals surface area contributed by atoms with Crippen molar-refractivity contribution in [2.24, 2.45) is 5.10 Å². The van der Waals surface area contributed by atoms with Gasteiger partial charge in [0.1, 0.15) is 5.75 Å². The van der Waals surface area contributed by atoms with Crippen molar-refractivity contribution in [1.29, 1.82) is 0 Å². The molecule has 3 rings (SSSR count). The van der Waals surface area contributed by atoms with Gasteiger partial charge in [-0.3, -0.25) is 0 Å². The number of fused-ring (bicyclic) bond motifs is 1. The van der Waals surface area contributed by atoms with Gasteiger partial charge in [-0.1, -0.05) is 24.3 Å². The zero-order valence-corrected chi connectivity index (χ0v) is 11.0. The molecule has 100 valence electrons. The first-order valence-corrected chi connectivity index (χ1v) is 6.23. The molecule has 0 aliphatic rings. The Labute approximate surface area is 116 Å². The van der Waals surface area contributed by atoms with Crippen LogP contribution in [0, 0.1) is 0 Å². The summed E-state index contributed by atoms with van der Waals surface area (Å²) in [6.07, 6.45) is 1.70. The van der Waals surface area contributed by atoms with Gasteiger partial charge in [-0.15, -0.1) is 0 Å². The van der Waals surface area contributed by atoms with Gasteiger partial charge >= 0.3 is 0 Å². The van der Waals surface area contributed by atoms with Crippen LogP contribution in [0.2, 0.25) is 0 Å². The average Bonchev–Trinajstić information content (AvgIpc) is 2.90. The molecule has 2 aromatic carbocycles. The third-order valence-electron chi connectivity index (χ3n) is 2.90. The minimum Gasteiger partial charge on any atom is -0.496 e. The summed E-state index contributed by atoms with van der Waals surface area (Å²) in [6.45, 7) is 0. The summed E-state index contributed by atoms with van der Waals surface area (Å²) in [5.41, 5.74) is 5.66. The highest BCUT2D eigenvalue weighted by Gasteiger charge is 2.00. The summed E-state index contributed by atoms with van der Waals surface area (Å²) in [6, 6.07) is 15.5. The van der Waals surface area contributed by atoms with Crippen LogP contribution >= 0.6 is 0 Å². The number of aromatic nitrogens is 2. The molecule has 0 spiro atoms. The van der Waals surface area contributed by atoms with Crippen LogP contribution in [0.15, 0.2) is 53.6 Å². The van der Waals surface area contributed by atoms with Crippen LogP contribution in [0.3, 0.4) is 0 Å². The number of ether oxygens (including phenoxy) is 1. The molecule has 1 aromatic heterocycles. The molecule has 0 aliphatic heterocycles. The van der Waals surface area contributed by atoms with Crippen molar-refractivity contribution in [3.63, 3.8) is 0 Å². The number of methoxy groups -OCH3 is 1. The van der Waals surface area contributed by atoms with E-state index in [0.29, 0.717) is 5.95 Å². The number of hydrogen-bond acceptors (Lipinski definition) is 4. The van der Waals surface area contributed by atoms with Gasteiger partial charge in [0.05, 0.1) is 24.4 Å². The SMILES string of the molecule is COc1ccccc1/C=N\Nc1nc2ccccc2[nH]1. The molecule has 1 heterocycles. The Balaban J connectivity index is 1.77. The topological polar surface area (TPSA) is 62.3 Å². The largest absolute Gasteiger partial charge is 0.496 e. The normalized spacial score (nSPS) is 11.1. The van der Waals surface area contributed by atoms with Crippen LogP contribution in [0.1, 0.15) is 5.56 Å². The number of aromatic amines is 1. The number of nitrogens with zero attached hydrogens (tertiary/aromatic N) is 2. The molecule has 0 radical (unpaired) electrons. The quantitative estimate of drug-likeness (QED) is 0.563. The Kier molecular flexibility index (Phi) is 3.33. The van der Waals surface area contributed by atoms with Gasteiger partial charge in [-0.2, -0.15) is 5.10 Å². The molecule has 0 bridgehead atoms. The lowest BCUT2D eigenvalue weighted by Crippen LogP contribution is -1.94. The van der Waals surface area contributed by atoms with E-state index < -0.39 is 0 Å². The first kappa shape index (κ1) is 12.2. The second-order valence-electron chi connectivity index (χ2n) is 4.21. The van der Waals surface area contributed by atoms with Gasteiger partial charge in [0.2, 0.25) is 5.95 Å². The zero-order chi connectivity index (χ0) is 13.8. The fourth-order valence-electron chi connectivity index (χ4n) is 1.94. The molecule has 0 aliphatic carbocycles. The summed E-state index contributed by atoms with van der Waals surface area (Å²) in [7, 11) is 1.64. The smallest absolute Gasteiger partial charge is 0.222 e. The highest BCUT2D eigenvalue weighted by Crippen LogP contribution is 2.15. The van der Waals surface area contributed by atoms with Gasteiger partial charge in [-0.25, -0.2) is 10.4 Å². The van der Waals surface area contributed by atoms with Crippen molar-refractivity contribution in [2.45, 2.75) is 0 Å². The molecule has 0 atom stereocenters. The molecule has 0 fully saturated rings. The maximum Gasteiger partial charge on any atom is 0.222 e. The first-order chi connectivity index (χ1) is 9.86. The number of benzene rings is 2. The summed E-state index contributed by atoms with van der Waals surface area (Å²) < 4.78 is 5.25. The van der Waals surface area contributed by atoms with E-state index in [0.717, 1.165) is 22.3 Å². The molecule has 0 unspecified atom stereocenters. The molecular formula is C15H14N4O. The van der Waals surface area contributed by atoms with Gasteiger partial charge in [0.25, 0.3) is 0 Å². The fraction of sp³-hybridized carbons (Fsp3) is 0.0667. The van der Waals surface area contributed by atoms with Crippen molar-refractivity contribution >= 4 is 23.2 Å². The Morgan fingerprint density at radius 1 is 1.15 bits per heavy atom. The number of rotatable bonds is 4. The Hall–Kier alpha value is -2.82. The minimum atomic E-state index is 0.609. The fourth-order valence-corrected chi connectivity index (χ4v) is 1.94. The van der Waals surface area contributed by atoms with Gasteiger partial charge in [0, 0.05) is 5.56 Å². The molecule has 5 nitrogen and oxygen atoms in total. The van der Waals surface area contributed by atoms with E-state index in [-0.39, 0.29) is 0 Å². The predicted octanol–water partition coefficient (Wildman–Crippen LogP) is 3.02. The molecular weight excluding hydrogens is 252 g/mol. The van der Waals surface area contributed by atoms with Gasteiger partial charge < -0.3 is 9.72 Å². The summed E-state index contributed by atoms with van der Waals surface area (Å²) >= 11 is 0. The van der Waals surface area contributed by atoms with E-state index in [2.05, 4.69) is 20.5 Å². The highest BCUT2D eigenvalue weighted by molar-refractivity contribution is 5.84. The number of anilines is 1. The Morgan fingerprint density at radius 3 is 2.80 bits per heavy atom. The predicted molar refractivity (Wildman–Crippen MR) is 80.3 cm³/mol. The lowest BCUT2D eigenvalue weighted by atomic mass is 10.2. The summed E-state index contributed by atoms with van der Waals surface area (Å²) in [5, 5.41) is 4.17. The molecule has 5 heteroatoms. The number of hydrazone groups is 1. The molecule has 0 amide bonds. The molecule has 20 heavy (non-hydrogen) atoms. The first-order valence-electron chi connectivity index (χ1n) is 6.23. The lowest BCUT2D eigenvalue weighted by Gasteiger charge is -2.02. The van der Waals surface area contributed by atoms with Crippen LogP contribution in [0.5, 0.6) is 5.75 Å². The third-order valence-corrected chi connectivity index (χ3v) is 2.90. The van der Waals surface area contributed by atoms with Crippen molar-refractivity contribution in [3.8, 4) is 5.75 Å². The highest BCUT2D eigenvalue weighted by atomic mass is 16.5. The van der Waals surface area contributed by atoms with E-state index in [9.17, 15) is 0 Å². The van der Waals surface area contributed by atoms with Crippen molar-refractivity contribution < 1.29 is 4.74 Å². The van der Waals surface area contributed by atoms with Crippen LogP contribution < -0.4 is 10.2 Å². The van der Waals surface area contributed by atoms with Crippen LogP contribution in [0.25, 0.3) is 11.0 Å². The molecule has 0 saturated heterocycles.